The number of hydrogen-bond donors (Lipinski definition) is 0. The number of carbonyl (C=O) groups excluding carboxylic acids is 2. The third-order valence-corrected chi connectivity index (χ3v) is 13.5. The van der Waals surface area contributed by atoms with Crippen molar-refractivity contribution in [2.75, 3.05) is 7.11 Å². The van der Waals surface area contributed by atoms with E-state index >= 15 is 0 Å². The summed E-state index contributed by atoms with van der Waals surface area (Å²) in [6.45, 7) is 11.1. The van der Waals surface area contributed by atoms with E-state index in [1.165, 1.54) is 0 Å². The number of methoxy groups -OCH3 is 1. The van der Waals surface area contributed by atoms with Crippen LogP contribution in [-0.4, -0.2) is 117 Å². The van der Waals surface area contributed by atoms with Crippen LogP contribution in [0.1, 0.15) is 90.4 Å². The lowest BCUT2D eigenvalue weighted by molar-refractivity contribution is -0.292. The number of Topliss-reactive ketones (excluding diaryl/α,β-unsaturated/α-hetero) is 1. The number of rotatable bonds is 3. The molecule has 18 atom stereocenters. The van der Waals surface area contributed by atoms with Crippen molar-refractivity contribution in [3.05, 3.63) is 24.3 Å². The van der Waals surface area contributed by atoms with Crippen molar-refractivity contribution in [3.8, 4) is 0 Å². The summed E-state index contributed by atoms with van der Waals surface area (Å²) in [5, 5.41) is 0. The third-order valence-electron chi connectivity index (χ3n) is 13.5. The van der Waals surface area contributed by atoms with Crippen molar-refractivity contribution < 1.29 is 52.2 Å². The van der Waals surface area contributed by atoms with E-state index in [1.807, 2.05) is 0 Å². The Kier molecular flexibility index (Phi) is 9.17. The first-order valence-electron chi connectivity index (χ1n) is 19.3. The van der Waals surface area contributed by atoms with Crippen LogP contribution in [0.25, 0.3) is 0 Å². The maximum absolute atomic E-state index is 13.9. The highest BCUT2D eigenvalue weighted by molar-refractivity contribution is 5.79. The van der Waals surface area contributed by atoms with Gasteiger partial charge in [0, 0.05) is 51.6 Å². The van der Waals surface area contributed by atoms with Crippen LogP contribution in [0.15, 0.2) is 24.3 Å². The molecule has 10 heterocycles. The van der Waals surface area contributed by atoms with Crippen LogP contribution in [0.3, 0.4) is 0 Å². The van der Waals surface area contributed by atoms with Crippen LogP contribution in [0.2, 0.25) is 0 Å². The first kappa shape index (κ1) is 34.2. The van der Waals surface area contributed by atoms with Gasteiger partial charge >= 0.3 is 0 Å². The van der Waals surface area contributed by atoms with Gasteiger partial charge < -0.3 is 47.4 Å². The van der Waals surface area contributed by atoms with E-state index in [4.69, 9.17) is 42.6 Å². The molecule has 0 amide bonds. The van der Waals surface area contributed by atoms with Crippen molar-refractivity contribution in [2.45, 2.75) is 188 Å². The van der Waals surface area contributed by atoms with Crippen molar-refractivity contribution in [3.63, 3.8) is 0 Å². The normalized spacial score (nSPS) is 53.2. The maximum Gasteiger partial charge on any atom is 0.172 e. The minimum atomic E-state index is -0.776. The van der Waals surface area contributed by atoms with Gasteiger partial charge in [0.2, 0.25) is 0 Å². The monoisotopic (exact) mass is 698 g/mol. The topological polar surface area (TPSA) is 117 Å². The molecule has 11 nitrogen and oxygen atoms in total. The Morgan fingerprint density at radius 2 is 1.52 bits per heavy atom. The summed E-state index contributed by atoms with van der Waals surface area (Å²) < 4.78 is 59.6. The SMILES string of the molecule is C=C1CC2CC[C@@]34C[C@H]5O[C@H]6C(O3)[C@H]3OC(CCC3O[C@H]6C5O4)CC(=O)CC3[C@@H](OC)C(CC=O)O[C@H]3C[C@H]3OC(CC[C@@H]1O2)CC(C)C3=C. The Labute approximate surface area is 295 Å². The highest BCUT2D eigenvalue weighted by Gasteiger charge is 2.68. The number of ketones is 1. The molecule has 0 aromatic heterocycles. The van der Waals surface area contributed by atoms with Gasteiger partial charge in [0.25, 0.3) is 0 Å². The quantitative estimate of drug-likeness (QED) is 0.310. The van der Waals surface area contributed by atoms with Gasteiger partial charge in [-0.15, -0.1) is 0 Å². The van der Waals surface area contributed by atoms with E-state index in [9.17, 15) is 9.59 Å². The van der Waals surface area contributed by atoms with Crippen molar-refractivity contribution in [2.24, 2.45) is 11.8 Å². The van der Waals surface area contributed by atoms with Gasteiger partial charge in [0.15, 0.2) is 5.79 Å². The number of hydrogen-bond acceptors (Lipinski definition) is 11. The summed E-state index contributed by atoms with van der Waals surface area (Å²) in [6, 6.07) is 0. The van der Waals surface area contributed by atoms with Crippen molar-refractivity contribution >= 4 is 12.1 Å². The Morgan fingerprint density at radius 1 is 0.760 bits per heavy atom. The molecule has 10 rings (SSSR count). The van der Waals surface area contributed by atoms with E-state index < -0.39 is 11.9 Å². The maximum atomic E-state index is 13.9. The molecule has 0 aromatic rings. The van der Waals surface area contributed by atoms with Crippen LogP contribution in [0.4, 0.5) is 0 Å². The molecular formula is C39H54O11. The second-order valence-electron chi connectivity index (χ2n) is 16.7. The number of fused-ring (bicyclic) bond motifs is 6. The van der Waals surface area contributed by atoms with E-state index in [-0.39, 0.29) is 122 Å². The third kappa shape index (κ3) is 6.00. The molecule has 12 bridgehead atoms. The van der Waals surface area contributed by atoms with Gasteiger partial charge in [-0.25, -0.2) is 0 Å². The molecule has 10 aliphatic rings. The predicted molar refractivity (Wildman–Crippen MR) is 177 cm³/mol. The molecule has 0 aromatic carbocycles. The molecule has 0 radical (unpaired) electrons. The molecule has 11 heteroatoms. The van der Waals surface area contributed by atoms with Crippen molar-refractivity contribution in [1.82, 2.24) is 0 Å². The van der Waals surface area contributed by atoms with Crippen LogP contribution in [0, 0.1) is 11.8 Å². The summed E-state index contributed by atoms with van der Waals surface area (Å²) in [5.74, 6) is -0.608. The van der Waals surface area contributed by atoms with E-state index in [2.05, 4.69) is 20.1 Å². The zero-order valence-electron chi connectivity index (χ0n) is 29.5. The average molecular weight is 699 g/mol. The lowest BCUT2D eigenvalue weighted by atomic mass is 9.81. The second-order valence-corrected chi connectivity index (χ2v) is 16.7. The first-order chi connectivity index (χ1) is 24.2. The van der Waals surface area contributed by atoms with Gasteiger partial charge in [-0.1, -0.05) is 20.1 Å². The molecule has 10 fully saturated rings. The standard InChI is InChI=1S/C39H54O11/c1-19-13-23-5-7-27-20(2)14-25(43-27)9-11-39-18-32-35(49-39)36-37(48-32)38(50-39)34-28(47-36)8-6-24(45-34)15-22(41)16-26-31(17-30(44-23)21(19)3)46-29(10-12-40)33(26)42-4/h12,19,23-38H,2-3,5-11,13-18H2,1,4H3/t19?,23?,24?,25?,26?,27-,28?,29?,30+,31-,32+,33+,34-,35?,36-,37+,38?,39-/m0/s1. The van der Waals surface area contributed by atoms with E-state index in [0.29, 0.717) is 19.3 Å². The van der Waals surface area contributed by atoms with Gasteiger partial charge in [0.05, 0.1) is 61.0 Å². The highest BCUT2D eigenvalue weighted by atomic mass is 16.8. The van der Waals surface area contributed by atoms with Gasteiger partial charge in [-0.3, -0.25) is 4.79 Å². The second kappa shape index (κ2) is 13.4. The zero-order chi connectivity index (χ0) is 34.3. The molecule has 9 unspecified atom stereocenters. The zero-order valence-corrected chi connectivity index (χ0v) is 29.5. The number of carbonyl (C=O) groups is 2. The Hall–Kier alpha value is -1.54. The lowest BCUT2D eigenvalue weighted by Gasteiger charge is -2.47. The molecule has 50 heavy (non-hydrogen) atoms. The molecule has 0 saturated carbocycles. The summed E-state index contributed by atoms with van der Waals surface area (Å²) >= 11 is 0. The van der Waals surface area contributed by atoms with Crippen LogP contribution in [-0.2, 0) is 52.2 Å². The first-order valence-corrected chi connectivity index (χ1v) is 19.3. The molecular weight excluding hydrogens is 644 g/mol. The predicted octanol–water partition coefficient (Wildman–Crippen LogP) is 4.32. The van der Waals surface area contributed by atoms with Gasteiger partial charge in [-0.2, -0.15) is 0 Å². The Bertz CT molecular complexity index is 1350. The average Bonchev–Trinajstić information content (AvgIpc) is 3.76. The summed E-state index contributed by atoms with van der Waals surface area (Å²) in [4.78, 5) is 25.6. The lowest BCUT2D eigenvalue weighted by Crippen LogP contribution is -2.61. The van der Waals surface area contributed by atoms with Gasteiger partial charge in [0.1, 0.15) is 42.6 Å². The summed E-state index contributed by atoms with van der Waals surface area (Å²) in [7, 11) is 1.64. The minimum absolute atomic E-state index is 0.0117. The van der Waals surface area contributed by atoms with Crippen LogP contribution in [0.5, 0.6) is 0 Å². The fourth-order valence-electron chi connectivity index (χ4n) is 11.0. The number of ether oxygens (including phenoxy) is 9. The largest absolute Gasteiger partial charge is 0.378 e. The minimum Gasteiger partial charge on any atom is -0.378 e. The van der Waals surface area contributed by atoms with Crippen LogP contribution >= 0.6 is 0 Å². The fraction of sp³-hybridized carbons (Fsp3) is 0.846. The molecule has 276 valence electrons. The van der Waals surface area contributed by atoms with E-state index in [1.54, 1.807) is 7.11 Å². The Balaban J connectivity index is 0.996. The van der Waals surface area contributed by atoms with E-state index in [0.717, 1.165) is 62.4 Å². The molecule has 1 spiro atoms. The summed E-state index contributed by atoms with van der Waals surface area (Å²) in [6.07, 6.45) is 6.39. The van der Waals surface area contributed by atoms with Crippen molar-refractivity contribution in [1.29, 1.82) is 0 Å². The Morgan fingerprint density at radius 3 is 2.36 bits per heavy atom. The molecule has 0 aliphatic carbocycles. The number of aldehydes is 1. The molecule has 10 aliphatic heterocycles. The smallest absolute Gasteiger partial charge is 0.172 e. The van der Waals surface area contributed by atoms with Gasteiger partial charge in [-0.05, 0) is 62.0 Å². The fourth-order valence-corrected chi connectivity index (χ4v) is 11.0. The molecule has 0 N–H and O–H groups in total. The molecule has 10 saturated heterocycles. The highest BCUT2D eigenvalue weighted by Crippen LogP contribution is 2.54. The summed E-state index contributed by atoms with van der Waals surface area (Å²) in [5.41, 5.74) is 2.20. The van der Waals surface area contributed by atoms with Crippen LogP contribution < -0.4 is 0 Å².